The normalized spacial score (nSPS) is 11.7. The summed E-state index contributed by atoms with van der Waals surface area (Å²) in [7, 11) is 0. The van der Waals surface area contributed by atoms with Crippen LogP contribution in [0.25, 0.3) is 17.3 Å². The van der Waals surface area contributed by atoms with Crippen LogP contribution in [0.1, 0.15) is 22.6 Å². The maximum absolute atomic E-state index is 13.5. The zero-order valence-electron chi connectivity index (χ0n) is 19.6. The number of anilines is 1. The van der Waals surface area contributed by atoms with Gasteiger partial charge >= 0.3 is 6.18 Å². The highest BCUT2D eigenvalue weighted by Gasteiger charge is 2.34. The molecule has 0 fully saturated rings. The molecule has 4 aromatic rings. The maximum Gasteiger partial charge on any atom is 0.433 e. The number of aryl methyl sites for hydroxylation is 2. The molecule has 0 aliphatic rings. The summed E-state index contributed by atoms with van der Waals surface area (Å²) in [4.78, 5) is 20.5. The van der Waals surface area contributed by atoms with E-state index in [9.17, 15) is 23.2 Å². The van der Waals surface area contributed by atoms with E-state index in [4.69, 9.17) is 4.42 Å². The molecular weight excluding hydrogens is 501 g/mol. The van der Waals surface area contributed by atoms with Crippen molar-refractivity contribution in [2.75, 3.05) is 5.32 Å². The molecule has 2 heterocycles. The summed E-state index contributed by atoms with van der Waals surface area (Å²) >= 11 is 0.795. The highest BCUT2D eigenvalue weighted by Crippen LogP contribution is 2.34. The van der Waals surface area contributed by atoms with E-state index in [1.807, 2.05) is 32.0 Å². The molecule has 0 saturated carbocycles. The Balaban J connectivity index is 1.57. The minimum absolute atomic E-state index is 0.118. The molecule has 0 spiro atoms. The van der Waals surface area contributed by atoms with Gasteiger partial charge in [0.05, 0.1) is 5.69 Å². The Morgan fingerprint density at radius 3 is 2.51 bits per heavy atom. The van der Waals surface area contributed by atoms with Crippen molar-refractivity contribution in [3.05, 3.63) is 94.9 Å². The van der Waals surface area contributed by atoms with Crippen molar-refractivity contribution < 1.29 is 22.4 Å². The average molecular weight is 521 g/mol. The van der Waals surface area contributed by atoms with Crippen LogP contribution in [0.4, 0.5) is 18.9 Å². The van der Waals surface area contributed by atoms with Gasteiger partial charge in [-0.3, -0.25) is 4.79 Å². The summed E-state index contributed by atoms with van der Waals surface area (Å²) in [6.07, 6.45) is -3.41. The van der Waals surface area contributed by atoms with Crippen LogP contribution in [0, 0.1) is 25.2 Å². The van der Waals surface area contributed by atoms with E-state index in [-0.39, 0.29) is 27.3 Å². The highest BCUT2D eigenvalue weighted by atomic mass is 32.2. The van der Waals surface area contributed by atoms with Crippen molar-refractivity contribution in [2.45, 2.75) is 30.3 Å². The number of amides is 1. The summed E-state index contributed by atoms with van der Waals surface area (Å²) in [5, 5.41) is 12.2. The fraction of sp³-hybridized carbons (Fsp3) is 0.111. The quantitative estimate of drug-likeness (QED) is 0.166. The monoisotopic (exact) mass is 520 g/mol. The SMILES string of the molecule is Cc1ccc(C)c(NC(=O)/C(C#N)=C/c2ccc(Sc3nc(-c4ccccc4)cc(C(F)(F)F)n3)o2)c1. The number of carbonyl (C=O) groups is 1. The Bertz CT molecular complexity index is 1520. The lowest BCUT2D eigenvalue weighted by atomic mass is 10.1. The van der Waals surface area contributed by atoms with E-state index in [0.29, 0.717) is 11.3 Å². The lowest BCUT2D eigenvalue weighted by Crippen LogP contribution is -2.14. The van der Waals surface area contributed by atoms with Crippen molar-refractivity contribution in [3.8, 4) is 17.3 Å². The number of hydrogen-bond acceptors (Lipinski definition) is 6. The first kappa shape index (κ1) is 25.7. The number of rotatable bonds is 6. The van der Waals surface area contributed by atoms with Gasteiger partial charge in [0.2, 0.25) is 0 Å². The topological polar surface area (TPSA) is 91.8 Å². The second kappa shape index (κ2) is 10.7. The molecule has 1 N–H and O–H groups in total. The van der Waals surface area contributed by atoms with Gasteiger partial charge in [0.15, 0.2) is 10.2 Å². The van der Waals surface area contributed by atoms with Crippen molar-refractivity contribution in [1.29, 1.82) is 5.26 Å². The number of aromatic nitrogens is 2. The van der Waals surface area contributed by atoms with E-state index < -0.39 is 17.8 Å². The molecular formula is C27H19F3N4O2S. The lowest BCUT2D eigenvalue weighted by molar-refractivity contribution is -0.141. The number of nitriles is 1. The van der Waals surface area contributed by atoms with E-state index in [0.717, 1.165) is 29.0 Å². The third-order valence-corrected chi connectivity index (χ3v) is 5.94. The first-order valence-electron chi connectivity index (χ1n) is 10.9. The first-order valence-corrected chi connectivity index (χ1v) is 11.7. The smallest absolute Gasteiger partial charge is 0.433 e. The van der Waals surface area contributed by atoms with E-state index >= 15 is 0 Å². The van der Waals surface area contributed by atoms with E-state index in [1.165, 1.54) is 18.2 Å². The largest absolute Gasteiger partial charge is 0.450 e. The zero-order chi connectivity index (χ0) is 26.6. The van der Waals surface area contributed by atoms with Crippen LogP contribution in [-0.4, -0.2) is 15.9 Å². The van der Waals surface area contributed by atoms with Gasteiger partial charge in [-0.2, -0.15) is 18.4 Å². The summed E-state index contributed by atoms with van der Waals surface area (Å²) in [6, 6.07) is 19.7. The number of nitrogens with zero attached hydrogens (tertiary/aromatic N) is 3. The van der Waals surface area contributed by atoms with Crippen molar-refractivity contribution in [1.82, 2.24) is 9.97 Å². The van der Waals surface area contributed by atoms with Gasteiger partial charge < -0.3 is 9.73 Å². The molecule has 10 heteroatoms. The Morgan fingerprint density at radius 1 is 1.05 bits per heavy atom. The highest BCUT2D eigenvalue weighted by molar-refractivity contribution is 7.99. The maximum atomic E-state index is 13.5. The minimum Gasteiger partial charge on any atom is -0.450 e. The van der Waals surface area contributed by atoms with Crippen LogP contribution in [0.3, 0.4) is 0 Å². The second-order valence-corrected chi connectivity index (χ2v) is 8.96. The second-order valence-electron chi connectivity index (χ2n) is 7.99. The molecule has 37 heavy (non-hydrogen) atoms. The number of nitrogens with one attached hydrogen (secondary N) is 1. The number of benzene rings is 2. The molecule has 2 aromatic carbocycles. The predicted octanol–water partition coefficient (Wildman–Crippen LogP) is 7.07. The third-order valence-electron chi connectivity index (χ3n) is 5.15. The molecule has 2 aromatic heterocycles. The Hall–Kier alpha value is -4.36. The number of carbonyl (C=O) groups excluding carboxylic acids is 1. The molecule has 6 nitrogen and oxygen atoms in total. The molecule has 1 amide bonds. The Labute approximate surface area is 214 Å². The van der Waals surface area contributed by atoms with Gasteiger partial charge in [0.25, 0.3) is 5.91 Å². The van der Waals surface area contributed by atoms with Gasteiger partial charge in [-0.05, 0) is 61.0 Å². The van der Waals surface area contributed by atoms with Gasteiger partial charge in [0, 0.05) is 17.3 Å². The van der Waals surface area contributed by atoms with Crippen LogP contribution < -0.4 is 5.32 Å². The molecule has 0 bridgehead atoms. The fourth-order valence-corrected chi connectivity index (χ4v) is 4.02. The number of furan rings is 1. The van der Waals surface area contributed by atoms with Crippen LogP contribution in [0.2, 0.25) is 0 Å². The molecule has 0 aliphatic carbocycles. The molecule has 0 atom stereocenters. The molecule has 186 valence electrons. The average Bonchev–Trinajstić information content (AvgIpc) is 3.31. The summed E-state index contributed by atoms with van der Waals surface area (Å²) < 4.78 is 46.0. The number of hydrogen-bond donors (Lipinski definition) is 1. The summed E-state index contributed by atoms with van der Waals surface area (Å²) in [5.74, 6) is -0.444. The van der Waals surface area contributed by atoms with Crippen molar-refractivity contribution in [3.63, 3.8) is 0 Å². The zero-order valence-corrected chi connectivity index (χ0v) is 20.4. The van der Waals surface area contributed by atoms with Crippen LogP contribution >= 0.6 is 11.8 Å². The lowest BCUT2D eigenvalue weighted by Gasteiger charge is -2.10. The predicted molar refractivity (Wildman–Crippen MR) is 133 cm³/mol. The Morgan fingerprint density at radius 2 is 1.81 bits per heavy atom. The fourth-order valence-electron chi connectivity index (χ4n) is 3.28. The third kappa shape index (κ3) is 6.45. The van der Waals surface area contributed by atoms with Gasteiger partial charge in [0.1, 0.15) is 23.1 Å². The van der Waals surface area contributed by atoms with Crippen LogP contribution in [-0.2, 0) is 11.0 Å². The standard InChI is InChI=1S/C27H19F3N4O2S/c1-16-8-9-17(2)21(12-16)32-25(35)19(15-31)13-20-10-11-24(36-20)37-26-33-22(18-6-4-3-5-7-18)14-23(34-26)27(28,29)30/h3-14H,1-2H3,(H,32,35)/b19-13+. The van der Waals surface area contributed by atoms with Crippen LogP contribution in [0.5, 0.6) is 0 Å². The van der Waals surface area contributed by atoms with Gasteiger partial charge in [-0.15, -0.1) is 0 Å². The van der Waals surface area contributed by atoms with Crippen molar-refractivity contribution in [2.24, 2.45) is 0 Å². The molecule has 4 rings (SSSR count). The van der Waals surface area contributed by atoms with Crippen molar-refractivity contribution >= 4 is 29.4 Å². The molecule has 0 aliphatic heterocycles. The number of halogens is 3. The first-order chi connectivity index (χ1) is 17.6. The van der Waals surface area contributed by atoms with Crippen LogP contribution in [0.15, 0.2) is 87.0 Å². The Kier molecular flexibility index (Phi) is 7.45. The molecule has 0 radical (unpaired) electrons. The van der Waals surface area contributed by atoms with E-state index in [2.05, 4.69) is 15.3 Å². The van der Waals surface area contributed by atoms with E-state index in [1.54, 1.807) is 36.4 Å². The van der Waals surface area contributed by atoms with Gasteiger partial charge in [-0.1, -0.05) is 42.5 Å². The molecule has 0 saturated heterocycles. The van der Waals surface area contributed by atoms with Gasteiger partial charge in [-0.25, -0.2) is 9.97 Å². The summed E-state index contributed by atoms with van der Waals surface area (Å²) in [5.41, 5.74) is 1.71. The molecule has 0 unspecified atom stereocenters. The summed E-state index contributed by atoms with van der Waals surface area (Å²) in [6.45, 7) is 3.72. The minimum atomic E-state index is -4.66. The number of alkyl halides is 3.